The Bertz CT molecular complexity index is 349. The van der Waals surface area contributed by atoms with Gasteiger partial charge in [-0.25, -0.2) is 5.84 Å². The summed E-state index contributed by atoms with van der Waals surface area (Å²) in [5.41, 5.74) is 4.16. The molecule has 88 valence electrons. The van der Waals surface area contributed by atoms with Crippen LogP contribution in [0.1, 0.15) is 25.7 Å². The third kappa shape index (κ3) is 2.77. The number of nitrogens with zero attached hydrogens (tertiary/aromatic N) is 1. The van der Waals surface area contributed by atoms with Crippen molar-refractivity contribution in [2.24, 2.45) is 11.8 Å². The normalized spacial score (nSPS) is 24.8. The van der Waals surface area contributed by atoms with Crippen LogP contribution in [-0.2, 0) is 0 Å². The van der Waals surface area contributed by atoms with Crippen molar-refractivity contribution >= 4 is 15.9 Å². The minimum Gasteiger partial charge on any atom is -0.314 e. The standard InChI is InChI=1S/C13H19BrN2/c1-16(15)13-4-2-3-10(11-5-6-11)7-8-12(13)9-14/h2-4,11H,5-9,15H2,1H3/b4-2?,10-3-,13-12?. The van der Waals surface area contributed by atoms with Crippen molar-refractivity contribution in [2.45, 2.75) is 25.7 Å². The predicted molar refractivity (Wildman–Crippen MR) is 72.0 cm³/mol. The summed E-state index contributed by atoms with van der Waals surface area (Å²) in [6.07, 6.45) is 11.6. The molecule has 3 heteroatoms. The summed E-state index contributed by atoms with van der Waals surface area (Å²) >= 11 is 3.56. The molecule has 0 radical (unpaired) electrons. The highest BCUT2D eigenvalue weighted by atomic mass is 79.9. The molecule has 0 aromatic carbocycles. The Morgan fingerprint density at radius 3 is 2.75 bits per heavy atom. The van der Waals surface area contributed by atoms with E-state index in [1.54, 1.807) is 10.6 Å². The second-order valence-electron chi connectivity index (χ2n) is 4.61. The van der Waals surface area contributed by atoms with Crippen molar-refractivity contribution in [3.05, 3.63) is 35.1 Å². The summed E-state index contributed by atoms with van der Waals surface area (Å²) in [4.78, 5) is 0. The van der Waals surface area contributed by atoms with Crippen LogP contribution in [0, 0.1) is 5.92 Å². The van der Waals surface area contributed by atoms with Gasteiger partial charge in [-0.1, -0.05) is 33.7 Å². The first-order valence-corrected chi connectivity index (χ1v) is 6.98. The van der Waals surface area contributed by atoms with E-state index in [1.165, 1.54) is 24.8 Å². The minimum absolute atomic E-state index is 0.874. The van der Waals surface area contributed by atoms with Gasteiger partial charge in [0.15, 0.2) is 0 Å². The van der Waals surface area contributed by atoms with E-state index in [4.69, 9.17) is 5.84 Å². The molecule has 2 nitrogen and oxygen atoms in total. The molecule has 0 amide bonds. The first-order valence-electron chi connectivity index (χ1n) is 5.86. The van der Waals surface area contributed by atoms with E-state index in [2.05, 4.69) is 34.2 Å². The lowest BCUT2D eigenvalue weighted by Gasteiger charge is -2.20. The van der Waals surface area contributed by atoms with Crippen LogP contribution < -0.4 is 5.84 Å². The van der Waals surface area contributed by atoms with Gasteiger partial charge in [0.2, 0.25) is 0 Å². The Labute approximate surface area is 106 Å². The quantitative estimate of drug-likeness (QED) is 0.490. The first kappa shape index (κ1) is 11.9. The van der Waals surface area contributed by atoms with E-state index in [9.17, 15) is 0 Å². The zero-order valence-corrected chi connectivity index (χ0v) is 11.3. The number of halogens is 1. The average molecular weight is 283 g/mol. The number of rotatable bonds is 3. The van der Waals surface area contributed by atoms with Gasteiger partial charge in [-0.3, -0.25) is 0 Å². The average Bonchev–Trinajstić information content (AvgIpc) is 3.01. The van der Waals surface area contributed by atoms with Gasteiger partial charge in [0, 0.05) is 12.4 Å². The molecular formula is C13H19BrN2. The monoisotopic (exact) mass is 282 g/mol. The lowest BCUT2D eigenvalue weighted by atomic mass is 9.98. The van der Waals surface area contributed by atoms with Gasteiger partial charge in [-0.2, -0.15) is 0 Å². The van der Waals surface area contributed by atoms with Crippen LogP contribution in [0.2, 0.25) is 0 Å². The van der Waals surface area contributed by atoms with Crippen LogP contribution in [0.25, 0.3) is 0 Å². The topological polar surface area (TPSA) is 29.3 Å². The van der Waals surface area contributed by atoms with Crippen LogP contribution >= 0.6 is 15.9 Å². The number of alkyl halides is 1. The summed E-state index contributed by atoms with van der Waals surface area (Å²) < 4.78 is 0. The maximum atomic E-state index is 5.84. The highest BCUT2D eigenvalue weighted by Crippen LogP contribution is 2.39. The molecule has 0 aromatic rings. The summed E-state index contributed by atoms with van der Waals surface area (Å²) in [7, 11) is 1.90. The molecule has 2 aliphatic carbocycles. The number of hydrogen-bond donors (Lipinski definition) is 1. The molecule has 0 atom stereocenters. The number of allylic oxidation sites excluding steroid dienone is 5. The Balaban J connectivity index is 2.19. The molecule has 0 spiro atoms. The molecule has 0 bridgehead atoms. The van der Waals surface area contributed by atoms with Gasteiger partial charge in [-0.15, -0.1) is 0 Å². The second kappa shape index (κ2) is 5.19. The van der Waals surface area contributed by atoms with E-state index in [0.717, 1.165) is 23.4 Å². The molecular weight excluding hydrogens is 264 g/mol. The molecule has 0 heterocycles. The van der Waals surface area contributed by atoms with Gasteiger partial charge in [0.25, 0.3) is 0 Å². The van der Waals surface area contributed by atoms with E-state index in [1.807, 2.05) is 7.05 Å². The molecule has 0 unspecified atom stereocenters. The Morgan fingerprint density at radius 2 is 2.19 bits per heavy atom. The van der Waals surface area contributed by atoms with Crippen molar-refractivity contribution in [1.29, 1.82) is 0 Å². The number of hydrogen-bond acceptors (Lipinski definition) is 2. The van der Waals surface area contributed by atoms with Gasteiger partial charge in [0.1, 0.15) is 0 Å². The molecule has 1 fully saturated rings. The molecule has 2 N–H and O–H groups in total. The highest BCUT2D eigenvalue weighted by molar-refractivity contribution is 9.09. The van der Waals surface area contributed by atoms with Gasteiger partial charge in [0.05, 0.1) is 5.70 Å². The van der Waals surface area contributed by atoms with Crippen molar-refractivity contribution in [1.82, 2.24) is 5.01 Å². The molecule has 16 heavy (non-hydrogen) atoms. The van der Waals surface area contributed by atoms with E-state index in [-0.39, 0.29) is 0 Å². The molecule has 0 saturated heterocycles. The van der Waals surface area contributed by atoms with Crippen LogP contribution in [0.4, 0.5) is 0 Å². The summed E-state index contributed by atoms with van der Waals surface area (Å²) in [5.74, 6) is 6.72. The molecule has 2 rings (SSSR count). The maximum Gasteiger partial charge on any atom is 0.0514 e. The van der Waals surface area contributed by atoms with Gasteiger partial charge < -0.3 is 5.01 Å². The molecule has 1 saturated carbocycles. The fourth-order valence-corrected chi connectivity index (χ4v) is 2.75. The fraction of sp³-hybridized carbons (Fsp3) is 0.538. The van der Waals surface area contributed by atoms with Crippen LogP contribution in [0.15, 0.2) is 35.1 Å². The van der Waals surface area contributed by atoms with E-state index in [0.29, 0.717) is 0 Å². The van der Waals surface area contributed by atoms with Crippen molar-refractivity contribution in [2.75, 3.05) is 12.4 Å². The molecule has 0 aliphatic heterocycles. The summed E-state index contributed by atoms with van der Waals surface area (Å²) in [6.45, 7) is 0. The van der Waals surface area contributed by atoms with Crippen molar-refractivity contribution in [3.8, 4) is 0 Å². The minimum atomic E-state index is 0.874. The van der Waals surface area contributed by atoms with Gasteiger partial charge >= 0.3 is 0 Å². The number of likely N-dealkylation sites (N-methyl/N-ethyl adjacent to an activating group) is 1. The number of hydrazine groups is 1. The van der Waals surface area contributed by atoms with Crippen LogP contribution in [0.5, 0.6) is 0 Å². The third-order valence-electron chi connectivity index (χ3n) is 3.29. The Morgan fingerprint density at radius 1 is 1.44 bits per heavy atom. The predicted octanol–water partition coefficient (Wildman–Crippen LogP) is 3.13. The fourth-order valence-electron chi connectivity index (χ4n) is 2.18. The summed E-state index contributed by atoms with van der Waals surface area (Å²) in [6, 6.07) is 0. The zero-order valence-electron chi connectivity index (χ0n) is 9.75. The van der Waals surface area contributed by atoms with Crippen molar-refractivity contribution < 1.29 is 0 Å². The van der Waals surface area contributed by atoms with Crippen LogP contribution in [0.3, 0.4) is 0 Å². The van der Waals surface area contributed by atoms with Crippen molar-refractivity contribution in [3.63, 3.8) is 0 Å². The Hall–Kier alpha value is -0.540. The number of nitrogens with two attached hydrogens (primary N) is 1. The SMILES string of the molecule is CN(N)C1=C(CBr)CC/C(C2CC2)=C/C=C1. The van der Waals surface area contributed by atoms with E-state index < -0.39 is 0 Å². The Kier molecular flexibility index (Phi) is 3.87. The third-order valence-corrected chi connectivity index (χ3v) is 3.96. The smallest absolute Gasteiger partial charge is 0.0514 e. The second-order valence-corrected chi connectivity index (χ2v) is 5.17. The first-order chi connectivity index (χ1) is 7.72. The van der Waals surface area contributed by atoms with Gasteiger partial charge in [-0.05, 0) is 43.3 Å². The highest BCUT2D eigenvalue weighted by Gasteiger charge is 2.25. The lowest BCUT2D eigenvalue weighted by molar-refractivity contribution is 0.448. The lowest BCUT2D eigenvalue weighted by Crippen LogP contribution is -2.26. The van der Waals surface area contributed by atoms with Crippen LogP contribution in [-0.4, -0.2) is 17.4 Å². The molecule has 2 aliphatic rings. The zero-order chi connectivity index (χ0) is 11.5. The summed E-state index contributed by atoms with van der Waals surface area (Å²) in [5, 5.41) is 2.62. The maximum absolute atomic E-state index is 5.84. The van der Waals surface area contributed by atoms with E-state index >= 15 is 0 Å². The molecule has 0 aromatic heterocycles. The largest absolute Gasteiger partial charge is 0.314 e.